The molecular formula is C27H30BF12N3O3. The third-order valence-corrected chi connectivity index (χ3v) is 5.28. The lowest BCUT2D eigenvalue weighted by Gasteiger charge is -2.35. The van der Waals surface area contributed by atoms with E-state index in [9.17, 15) is 52.7 Å². The highest BCUT2D eigenvalue weighted by atomic mass is 19.2. The van der Waals surface area contributed by atoms with Gasteiger partial charge in [-0.05, 0) is 0 Å². The van der Waals surface area contributed by atoms with E-state index in [1.807, 2.05) is 0 Å². The molecule has 0 spiro atoms. The van der Waals surface area contributed by atoms with Gasteiger partial charge in [0.2, 0.25) is 52.0 Å². The zero-order chi connectivity index (χ0) is 36.9. The van der Waals surface area contributed by atoms with Crippen LogP contribution in [-0.4, -0.2) is 70.8 Å². The van der Waals surface area contributed by atoms with Crippen LogP contribution in [0.15, 0.2) is 18.2 Å². The molecule has 0 aliphatic heterocycles. The van der Waals surface area contributed by atoms with E-state index in [1.165, 1.54) is 63.4 Å². The molecule has 3 aromatic rings. The SMILES string of the molecule is C[N+](C)(C)c1c(F)cc(F)c(F)c1F.C[N+](C)(C)c1c(F)cc(F)c(F)c1F.C[N+](C)(C)c1c(F)cc(F)c(F)c1F.[O-]B([O-])[O-]. The zero-order valence-corrected chi connectivity index (χ0v) is 25.9. The molecule has 0 heterocycles. The van der Waals surface area contributed by atoms with E-state index in [0.717, 1.165) is 0 Å². The molecule has 3 aromatic carbocycles. The maximum absolute atomic E-state index is 13.1. The fourth-order valence-electron chi connectivity index (χ4n) is 3.51. The molecule has 0 saturated heterocycles. The molecule has 0 fully saturated rings. The number of halogens is 12. The molecule has 0 aromatic heterocycles. The van der Waals surface area contributed by atoms with E-state index < -0.39 is 94.2 Å². The van der Waals surface area contributed by atoms with Gasteiger partial charge in [-0.3, -0.25) is 20.8 Å². The normalized spacial score (nSPS) is 11.5. The van der Waals surface area contributed by atoms with Gasteiger partial charge in [-0.25, -0.2) is 39.5 Å². The van der Waals surface area contributed by atoms with E-state index >= 15 is 0 Å². The third kappa shape index (κ3) is 11.5. The van der Waals surface area contributed by atoms with Crippen molar-refractivity contribution >= 4 is 24.4 Å². The summed E-state index contributed by atoms with van der Waals surface area (Å²) in [7, 11) is 10.2. The van der Waals surface area contributed by atoms with E-state index in [2.05, 4.69) is 0 Å². The number of hydrogen-bond acceptors (Lipinski definition) is 3. The van der Waals surface area contributed by atoms with Gasteiger partial charge >= 0.3 is 0 Å². The van der Waals surface area contributed by atoms with Gasteiger partial charge in [-0.15, -0.1) is 0 Å². The minimum absolute atomic E-state index is 0.255. The molecule has 3 rings (SSSR count). The van der Waals surface area contributed by atoms with Gasteiger partial charge in [-0.1, -0.05) is 0 Å². The number of benzene rings is 3. The van der Waals surface area contributed by atoms with E-state index in [1.54, 1.807) is 0 Å². The predicted molar refractivity (Wildman–Crippen MR) is 143 cm³/mol. The first-order valence-corrected chi connectivity index (χ1v) is 12.4. The van der Waals surface area contributed by atoms with Crippen LogP contribution in [-0.2, 0) is 0 Å². The van der Waals surface area contributed by atoms with Crippen molar-refractivity contribution in [2.24, 2.45) is 0 Å². The standard InChI is InChI=1S/3C9H10F4N.BO3/c3*1-14(2,3)9-6(11)4-5(10)7(12)8(9)13;2-1(3)4/h3*4H,1-3H3;/q3*+1;-3. The second-order valence-corrected chi connectivity index (χ2v) is 11.8. The second kappa shape index (κ2) is 16.0. The van der Waals surface area contributed by atoms with Crippen LogP contribution >= 0.6 is 0 Å². The largest absolute Gasteiger partial charge is 0.907 e. The van der Waals surface area contributed by atoms with Crippen molar-refractivity contribution in [1.82, 2.24) is 13.4 Å². The molecule has 0 amide bonds. The van der Waals surface area contributed by atoms with Gasteiger partial charge in [0.15, 0.2) is 34.9 Å². The molecule has 6 nitrogen and oxygen atoms in total. The Morgan fingerprint density at radius 2 is 0.500 bits per heavy atom. The summed E-state index contributed by atoms with van der Waals surface area (Å²) in [6.45, 7) is 0. The average molecular weight is 683 g/mol. The third-order valence-electron chi connectivity index (χ3n) is 5.28. The van der Waals surface area contributed by atoms with Crippen LogP contribution in [0.1, 0.15) is 0 Å². The van der Waals surface area contributed by atoms with Crippen LogP contribution in [0.4, 0.5) is 69.7 Å². The summed E-state index contributed by atoms with van der Waals surface area (Å²) in [6, 6.07) is 1.03. The summed E-state index contributed by atoms with van der Waals surface area (Å²) >= 11 is 0. The Morgan fingerprint density at radius 3 is 0.630 bits per heavy atom. The molecule has 0 bridgehead atoms. The first-order chi connectivity index (χ1) is 20.5. The van der Waals surface area contributed by atoms with Crippen molar-refractivity contribution in [3.05, 3.63) is 88.0 Å². The summed E-state index contributed by atoms with van der Waals surface area (Å²) < 4.78 is 154. The van der Waals surface area contributed by atoms with E-state index in [4.69, 9.17) is 15.1 Å². The Kier molecular flexibility index (Phi) is 14.8. The van der Waals surface area contributed by atoms with E-state index in [-0.39, 0.29) is 13.4 Å². The molecule has 0 atom stereocenters. The summed E-state index contributed by atoms with van der Waals surface area (Å²) in [4.78, 5) is 0. The minimum Gasteiger partial charge on any atom is -0.907 e. The smallest absolute Gasteiger partial charge is 0.225 e. The number of quaternary nitrogens is 3. The fraction of sp³-hybridized carbons (Fsp3) is 0.333. The topological polar surface area (TPSA) is 69.2 Å². The maximum Gasteiger partial charge on any atom is 0.225 e. The van der Waals surface area contributed by atoms with Crippen LogP contribution < -0.4 is 28.5 Å². The van der Waals surface area contributed by atoms with Gasteiger partial charge in [0.1, 0.15) is 0 Å². The highest BCUT2D eigenvalue weighted by molar-refractivity contribution is 6.24. The van der Waals surface area contributed by atoms with Crippen molar-refractivity contribution in [3.63, 3.8) is 0 Å². The quantitative estimate of drug-likeness (QED) is 0.140. The molecule has 0 saturated carbocycles. The molecule has 0 aliphatic rings. The summed E-state index contributed by atoms with van der Waals surface area (Å²) in [5.74, 6) is -17.2. The number of hydrogen-bond donors (Lipinski definition) is 0. The molecule has 0 radical (unpaired) electrons. The molecule has 0 aliphatic carbocycles. The van der Waals surface area contributed by atoms with Crippen LogP contribution in [0.5, 0.6) is 0 Å². The van der Waals surface area contributed by atoms with E-state index in [0.29, 0.717) is 18.2 Å². The molecule has 0 N–H and O–H groups in total. The van der Waals surface area contributed by atoms with Crippen molar-refractivity contribution in [1.29, 1.82) is 0 Å². The Labute approximate surface area is 257 Å². The van der Waals surface area contributed by atoms with Gasteiger partial charge in [0.05, 0.1) is 63.4 Å². The van der Waals surface area contributed by atoms with Gasteiger partial charge in [0, 0.05) is 18.2 Å². The Hall–Kier alpha value is -3.36. The lowest BCUT2D eigenvalue weighted by atomic mass is 10.2. The predicted octanol–water partition coefficient (Wildman–Crippen LogP) is 3.37. The van der Waals surface area contributed by atoms with Crippen molar-refractivity contribution in [2.75, 3.05) is 63.4 Å². The average Bonchev–Trinajstić information content (AvgIpc) is 2.82. The molecule has 19 heteroatoms. The number of nitrogens with zero attached hydrogens (tertiary/aromatic N) is 3. The van der Waals surface area contributed by atoms with Crippen LogP contribution in [0.25, 0.3) is 0 Å². The van der Waals surface area contributed by atoms with Gasteiger partial charge in [-0.2, -0.15) is 13.2 Å². The Bertz CT molecular complexity index is 1350. The van der Waals surface area contributed by atoms with Crippen LogP contribution in [0.2, 0.25) is 0 Å². The second-order valence-electron chi connectivity index (χ2n) is 11.8. The molecule has 258 valence electrons. The zero-order valence-electron chi connectivity index (χ0n) is 25.9. The Balaban J connectivity index is 0.000000623. The molecule has 46 heavy (non-hydrogen) atoms. The van der Waals surface area contributed by atoms with Crippen molar-refractivity contribution in [2.45, 2.75) is 0 Å². The van der Waals surface area contributed by atoms with Crippen molar-refractivity contribution < 1.29 is 67.8 Å². The Morgan fingerprint density at radius 1 is 0.348 bits per heavy atom. The van der Waals surface area contributed by atoms with Crippen molar-refractivity contribution in [3.8, 4) is 0 Å². The van der Waals surface area contributed by atoms with Crippen LogP contribution in [0.3, 0.4) is 0 Å². The summed E-state index contributed by atoms with van der Waals surface area (Å²) in [5.41, 5.74) is -1.49. The lowest BCUT2D eigenvalue weighted by molar-refractivity contribution is -0.479. The molecular weight excluding hydrogens is 653 g/mol. The first kappa shape index (κ1) is 42.6. The maximum atomic E-state index is 13.1. The van der Waals surface area contributed by atoms with Crippen LogP contribution in [0, 0.1) is 69.8 Å². The highest BCUT2D eigenvalue weighted by Crippen LogP contribution is 2.31. The monoisotopic (exact) mass is 683 g/mol. The number of rotatable bonds is 3. The molecule has 0 unspecified atom stereocenters. The summed E-state index contributed by atoms with van der Waals surface area (Å²) in [5, 5.41) is 25.2. The lowest BCUT2D eigenvalue weighted by Crippen LogP contribution is -2.56. The van der Waals surface area contributed by atoms with Gasteiger partial charge in [0.25, 0.3) is 0 Å². The highest BCUT2D eigenvalue weighted by Gasteiger charge is 2.31. The minimum atomic E-state index is -2.92. The summed E-state index contributed by atoms with van der Waals surface area (Å²) in [6.07, 6.45) is 0. The van der Waals surface area contributed by atoms with Gasteiger partial charge < -0.3 is 15.1 Å². The first-order valence-electron chi connectivity index (χ1n) is 12.4. The fourth-order valence-corrected chi connectivity index (χ4v) is 3.51.